The Labute approximate surface area is 136 Å². The van der Waals surface area contributed by atoms with Gasteiger partial charge in [0.1, 0.15) is 0 Å². The average molecular weight is 226 g/mol. The number of hydrogen-bond donors (Lipinski definition) is 3. The zero-order valence-electron chi connectivity index (χ0n) is 7.00. The van der Waals surface area contributed by atoms with Crippen molar-refractivity contribution in [3.05, 3.63) is 0 Å². The van der Waals surface area contributed by atoms with Crippen molar-refractivity contribution in [3.8, 4) is 0 Å². The molecule has 0 aliphatic heterocycles. The summed E-state index contributed by atoms with van der Waals surface area (Å²) in [5.41, 5.74) is 0. The molecule has 0 aromatic rings. The quantitative estimate of drug-likeness (QED) is 0.274. The van der Waals surface area contributed by atoms with Gasteiger partial charge in [-0.1, -0.05) is 0 Å². The predicted molar refractivity (Wildman–Crippen MR) is 20.0 cm³/mol. The summed E-state index contributed by atoms with van der Waals surface area (Å²) in [5.74, 6) is 0. The second-order valence-corrected chi connectivity index (χ2v) is 1.83. The molecule has 0 saturated heterocycles. The van der Waals surface area contributed by atoms with Crippen molar-refractivity contribution in [1.29, 1.82) is 0 Å². The van der Waals surface area contributed by atoms with Gasteiger partial charge in [0.25, 0.3) is 0 Å². The molecular weight excluding hydrogens is 223 g/mol. The summed E-state index contributed by atoms with van der Waals surface area (Å²) in [6.45, 7) is 0. The average Bonchev–Trinajstić information content (AvgIpc) is 1.19. The largest absolute Gasteiger partial charge is 1.00 e. The molecule has 7 nitrogen and oxygen atoms in total. The first-order chi connectivity index (χ1) is 3.73. The van der Waals surface area contributed by atoms with E-state index in [4.69, 9.17) is 34.3 Å². The fourth-order valence-electron chi connectivity index (χ4n) is 0. The predicted octanol–water partition coefficient (Wildman–Crippen LogP) is -13.9. The molecular formula is H3BNa3O7P. The molecule has 12 heteroatoms. The second kappa shape index (κ2) is 16.5. The molecule has 12 heavy (non-hydrogen) atoms. The van der Waals surface area contributed by atoms with Crippen LogP contribution in [0, 0.1) is 0 Å². The van der Waals surface area contributed by atoms with E-state index in [1.165, 1.54) is 0 Å². The molecule has 3 N–H and O–H groups in total. The monoisotopic (exact) mass is 226 g/mol. The van der Waals surface area contributed by atoms with Gasteiger partial charge in [-0.05, 0) is 0 Å². The molecule has 0 aliphatic rings. The van der Waals surface area contributed by atoms with Gasteiger partial charge in [-0.15, -0.1) is 0 Å². The van der Waals surface area contributed by atoms with Gasteiger partial charge in [0.15, 0.2) is 0 Å². The van der Waals surface area contributed by atoms with Gasteiger partial charge < -0.3 is 29.8 Å². The maximum atomic E-state index is 8.88. The first-order valence-electron chi connectivity index (χ1n) is 1.49. The summed E-state index contributed by atoms with van der Waals surface area (Å²) in [4.78, 5) is 21.6. The standard InChI is InChI=1S/BO3.3Na.H3O4P/c2-1(3)4;;;;1-5(2,3)4/h;;;;(H3,1,2,3,4)/q-3;3*+1;. The van der Waals surface area contributed by atoms with Crippen LogP contribution < -0.4 is 104 Å². The Kier molecular flexibility index (Phi) is 40.4. The number of phosphoric acid groups is 1. The maximum absolute atomic E-state index is 8.88. The molecule has 0 fully saturated rings. The van der Waals surface area contributed by atoms with Crippen molar-refractivity contribution in [2.45, 2.75) is 0 Å². The van der Waals surface area contributed by atoms with Crippen LogP contribution in [0.2, 0.25) is 0 Å². The molecule has 0 aromatic carbocycles. The minimum Gasteiger partial charge on any atom is -0.907 e. The molecule has 0 saturated carbocycles. The number of rotatable bonds is 0. The van der Waals surface area contributed by atoms with Crippen molar-refractivity contribution >= 4 is 15.1 Å². The van der Waals surface area contributed by atoms with Crippen LogP contribution in [0.3, 0.4) is 0 Å². The Morgan fingerprint density at radius 2 is 0.917 bits per heavy atom. The van der Waals surface area contributed by atoms with Crippen molar-refractivity contribution in [3.63, 3.8) is 0 Å². The first-order valence-corrected chi connectivity index (χ1v) is 3.05. The first kappa shape index (κ1) is 29.4. The van der Waals surface area contributed by atoms with Gasteiger partial charge >= 0.3 is 96.5 Å². The third-order valence-corrected chi connectivity index (χ3v) is 0. The van der Waals surface area contributed by atoms with Gasteiger partial charge in [0, 0.05) is 0 Å². The van der Waals surface area contributed by atoms with E-state index in [1.807, 2.05) is 0 Å². The molecule has 0 spiro atoms. The second-order valence-electron chi connectivity index (χ2n) is 0.802. The van der Waals surface area contributed by atoms with Gasteiger partial charge in [-0.25, -0.2) is 4.57 Å². The number of hydrogen-bond acceptors (Lipinski definition) is 4. The third kappa shape index (κ3) is 203. The molecule has 0 aliphatic carbocycles. The Morgan fingerprint density at radius 1 is 0.917 bits per heavy atom. The van der Waals surface area contributed by atoms with E-state index in [9.17, 15) is 0 Å². The minimum atomic E-state index is -4.64. The topological polar surface area (TPSA) is 147 Å². The summed E-state index contributed by atoms with van der Waals surface area (Å²) in [6.07, 6.45) is 0. The maximum Gasteiger partial charge on any atom is 1.00 e. The van der Waals surface area contributed by atoms with Crippen molar-refractivity contribution in [2.75, 3.05) is 0 Å². The van der Waals surface area contributed by atoms with Crippen LogP contribution in [0.25, 0.3) is 0 Å². The van der Waals surface area contributed by atoms with E-state index in [1.54, 1.807) is 0 Å². The fourth-order valence-corrected chi connectivity index (χ4v) is 0. The van der Waals surface area contributed by atoms with E-state index in [0.717, 1.165) is 0 Å². The van der Waals surface area contributed by atoms with Crippen LogP contribution >= 0.6 is 7.82 Å². The van der Waals surface area contributed by atoms with Crippen LogP contribution in [0.1, 0.15) is 0 Å². The van der Waals surface area contributed by atoms with Crippen molar-refractivity contribution in [2.24, 2.45) is 0 Å². The molecule has 0 heterocycles. The Bertz CT molecular complexity index is 89.8. The van der Waals surface area contributed by atoms with Crippen LogP contribution in [-0.2, 0) is 4.57 Å². The van der Waals surface area contributed by atoms with Gasteiger partial charge in [0.05, 0.1) is 0 Å². The molecule has 0 unspecified atom stereocenters. The van der Waals surface area contributed by atoms with E-state index in [-0.39, 0.29) is 88.7 Å². The van der Waals surface area contributed by atoms with E-state index < -0.39 is 15.1 Å². The SMILES string of the molecule is O=P(O)(O)O.[Na+].[Na+].[Na+].[O-]B([O-])[O-]. The normalized spacial score (nSPS) is 7.17. The molecule has 0 aromatic heterocycles. The zero-order valence-corrected chi connectivity index (χ0v) is 13.9. The molecule has 0 atom stereocenters. The van der Waals surface area contributed by atoms with Crippen molar-refractivity contribution < 1.29 is 123 Å². The minimum absolute atomic E-state index is 0. The van der Waals surface area contributed by atoms with Crippen LogP contribution in [0.15, 0.2) is 0 Å². The Balaban J connectivity index is -0.0000000221. The van der Waals surface area contributed by atoms with Gasteiger partial charge in [-0.3, -0.25) is 7.32 Å². The fraction of sp³-hybridized carbons (Fsp3) is 0. The van der Waals surface area contributed by atoms with Gasteiger partial charge in [0.2, 0.25) is 0 Å². The van der Waals surface area contributed by atoms with Crippen LogP contribution in [0.4, 0.5) is 0 Å². The van der Waals surface area contributed by atoms with Crippen molar-refractivity contribution in [1.82, 2.24) is 0 Å². The Morgan fingerprint density at radius 3 is 0.917 bits per heavy atom. The molecule has 0 rings (SSSR count). The van der Waals surface area contributed by atoms with E-state index in [2.05, 4.69) is 0 Å². The molecule has 0 radical (unpaired) electrons. The molecule has 0 amide bonds. The molecule has 0 bridgehead atoms. The Hall–Kier alpha value is 3.05. The summed E-state index contributed by atoms with van der Waals surface area (Å²) in [7, 11) is -7.56. The summed E-state index contributed by atoms with van der Waals surface area (Å²) < 4.78 is 8.88. The smallest absolute Gasteiger partial charge is 0.907 e. The van der Waals surface area contributed by atoms with E-state index in [0.29, 0.717) is 0 Å². The van der Waals surface area contributed by atoms with Gasteiger partial charge in [-0.2, -0.15) is 0 Å². The van der Waals surface area contributed by atoms with E-state index >= 15 is 0 Å². The summed E-state index contributed by atoms with van der Waals surface area (Å²) in [5, 5.41) is 25.2. The summed E-state index contributed by atoms with van der Waals surface area (Å²) >= 11 is 0. The van der Waals surface area contributed by atoms with Crippen LogP contribution in [0.5, 0.6) is 0 Å². The third-order valence-electron chi connectivity index (χ3n) is 0. The summed E-state index contributed by atoms with van der Waals surface area (Å²) in [6, 6.07) is 0. The zero-order chi connectivity index (χ0) is 8.08. The van der Waals surface area contributed by atoms with Crippen LogP contribution in [-0.4, -0.2) is 22.0 Å². The molecule has 56 valence electrons.